The second-order valence-electron chi connectivity index (χ2n) is 6.96. The fourth-order valence-electron chi connectivity index (χ4n) is 3.42. The maximum Gasteiger partial charge on any atom is 0.449 e. The topological polar surface area (TPSA) is 55.2 Å². The minimum atomic E-state index is -4.73. The molecule has 31 heavy (non-hydrogen) atoms. The Bertz CT molecular complexity index is 1010. The number of carbonyl (C=O) groups excluding carboxylic acids is 2. The van der Waals surface area contributed by atoms with E-state index in [2.05, 4.69) is 4.98 Å². The van der Waals surface area contributed by atoms with E-state index in [0.717, 1.165) is 17.6 Å². The van der Waals surface area contributed by atoms with Crippen molar-refractivity contribution in [1.82, 2.24) is 14.5 Å². The maximum absolute atomic E-state index is 13.7. The first-order chi connectivity index (χ1) is 14.0. The summed E-state index contributed by atoms with van der Waals surface area (Å²) in [6.45, 7) is 0.701. The van der Waals surface area contributed by atoms with Gasteiger partial charge in [-0.3, -0.25) is 9.59 Å². The van der Waals surface area contributed by atoms with Crippen molar-refractivity contribution in [3.63, 3.8) is 0 Å². The monoisotopic (exact) mass is 469 g/mol. The third-order valence-corrected chi connectivity index (χ3v) is 4.87. The Morgan fingerprint density at radius 3 is 2.32 bits per heavy atom. The van der Waals surface area contributed by atoms with E-state index in [1.165, 1.54) is 4.90 Å². The highest BCUT2D eigenvalue weighted by Crippen LogP contribution is 2.32. The lowest BCUT2D eigenvalue weighted by Gasteiger charge is -2.29. The third kappa shape index (κ3) is 5.20. The summed E-state index contributed by atoms with van der Waals surface area (Å²) in [6, 6.07) is 1.16. The van der Waals surface area contributed by atoms with Gasteiger partial charge in [-0.1, -0.05) is 0 Å². The highest BCUT2D eigenvalue weighted by Gasteiger charge is 2.41. The first kappa shape index (κ1) is 24.7. The van der Waals surface area contributed by atoms with Crippen LogP contribution in [0.4, 0.5) is 26.3 Å². The SMILES string of the molecule is CC(=O)c1nc(C(F)(F)F)n2c1CN(C(=O)CCCc1cc(F)c(F)cc1F)CC2.Cl. The maximum atomic E-state index is 13.7. The molecule has 5 nitrogen and oxygen atoms in total. The van der Waals surface area contributed by atoms with E-state index in [0.29, 0.717) is 6.07 Å². The van der Waals surface area contributed by atoms with E-state index in [1.54, 1.807) is 0 Å². The number of aryl methyl sites for hydroxylation is 1. The van der Waals surface area contributed by atoms with Crippen molar-refractivity contribution in [1.29, 1.82) is 0 Å². The van der Waals surface area contributed by atoms with E-state index in [4.69, 9.17) is 0 Å². The first-order valence-corrected chi connectivity index (χ1v) is 9.07. The number of ketones is 1. The van der Waals surface area contributed by atoms with Crippen LogP contribution in [0.3, 0.4) is 0 Å². The number of benzene rings is 1. The number of carbonyl (C=O) groups is 2. The van der Waals surface area contributed by atoms with Crippen molar-refractivity contribution >= 4 is 24.1 Å². The molecule has 12 heteroatoms. The number of aromatic nitrogens is 2. The molecule has 0 unspecified atom stereocenters. The van der Waals surface area contributed by atoms with Crippen molar-refractivity contribution in [2.45, 2.75) is 45.5 Å². The van der Waals surface area contributed by atoms with Gasteiger partial charge in [0.15, 0.2) is 17.4 Å². The second-order valence-corrected chi connectivity index (χ2v) is 6.96. The van der Waals surface area contributed by atoms with Crippen molar-refractivity contribution in [2.24, 2.45) is 0 Å². The van der Waals surface area contributed by atoms with Gasteiger partial charge in [0.2, 0.25) is 11.7 Å². The molecule has 3 rings (SSSR count). The van der Waals surface area contributed by atoms with Crippen LogP contribution in [0.25, 0.3) is 0 Å². The van der Waals surface area contributed by atoms with E-state index in [1.807, 2.05) is 0 Å². The molecule has 1 amide bonds. The summed E-state index contributed by atoms with van der Waals surface area (Å²) in [5, 5.41) is 0. The van der Waals surface area contributed by atoms with Crippen molar-refractivity contribution in [3.05, 3.63) is 52.4 Å². The molecule has 0 saturated carbocycles. The largest absolute Gasteiger partial charge is 0.449 e. The summed E-state index contributed by atoms with van der Waals surface area (Å²) < 4.78 is 80.3. The quantitative estimate of drug-likeness (QED) is 0.372. The predicted molar refractivity (Wildman–Crippen MR) is 99.2 cm³/mol. The van der Waals surface area contributed by atoms with Gasteiger partial charge >= 0.3 is 6.18 Å². The standard InChI is InChI=1S/C19H17F6N3O2.ClH/c1-10(29)17-15-9-27(5-6-28(15)18(26-17)19(23,24)25)16(30)4-2-3-11-7-13(21)14(22)8-12(11)20;/h7-8H,2-6,9H2,1H3;1H. The second kappa shape index (κ2) is 9.29. The average Bonchev–Trinajstić information content (AvgIpc) is 3.05. The van der Waals surface area contributed by atoms with Gasteiger partial charge < -0.3 is 9.47 Å². The zero-order valence-electron chi connectivity index (χ0n) is 16.2. The Morgan fingerprint density at radius 2 is 1.71 bits per heavy atom. The number of halogens is 7. The average molecular weight is 470 g/mol. The van der Waals surface area contributed by atoms with E-state index >= 15 is 0 Å². The fraction of sp³-hybridized carbons (Fsp3) is 0.421. The highest BCUT2D eigenvalue weighted by atomic mass is 35.5. The molecule has 1 aromatic heterocycles. The molecule has 1 aliphatic heterocycles. The third-order valence-electron chi connectivity index (χ3n) is 4.87. The lowest BCUT2D eigenvalue weighted by atomic mass is 10.1. The molecule has 0 saturated heterocycles. The van der Waals surface area contributed by atoms with Gasteiger partial charge in [0.1, 0.15) is 11.5 Å². The molecular formula is C19H18ClF6N3O2. The van der Waals surface area contributed by atoms with E-state index in [-0.39, 0.29) is 68.3 Å². The molecule has 1 aliphatic rings. The molecule has 0 radical (unpaired) electrons. The van der Waals surface area contributed by atoms with Crippen LogP contribution in [0.1, 0.15) is 47.3 Å². The van der Waals surface area contributed by atoms with Gasteiger partial charge in [0.25, 0.3) is 0 Å². The smallest absolute Gasteiger partial charge is 0.335 e. The van der Waals surface area contributed by atoms with Crippen molar-refractivity contribution in [2.75, 3.05) is 6.54 Å². The van der Waals surface area contributed by atoms with Crippen LogP contribution in [-0.2, 0) is 30.5 Å². The van der Waals surface area contributed by atoms with Crippen LogP contribution >= 0.6 is 12.4 Å². The van der Waals surface area contributed by atoms with Gasteiger partial charge in [-0.05, 0) is 24.5 Å². The van der Waals surface area contributed by atoms with Gasteiger partial charge in [-0.15, -0.1) is 12.4 Å². The van der Waals surface area contributed by atoms with Crippen LogP contribution in [0.5, 0.6) is 0 Å². The van der Waals surface area contributed by atoms with Crippen LogP contribution in [0, 0.1) is 17.5 Å². The predicted octanol–water partition coefficient (Wildman–Crippen LogP) is 4.31. The fourth-order valence-corrected chi connectivity index (χ4v) is 3.42. The Morgan fingerprint density at radius 1 is 1.06 bits per heavy atom. The Hall–Kier alpha value is -2.56. The first-order valence-electron chi connectivity index (χ1n) is 9.07. The summed E-state index contributed by atoms with van der Waals surface area (Å²) in [6.07, 6.45) is -4.70. The number of nitrogens with zero attached hydrogens (tertiary/aromatic N) is 3. The minimum absolute atomic E-state index is 0. The molecule has 0 atom stereocenters. The molecule has 0 fully saturated rings. The molecule has 2 aromatic rings. The Labute approximate surface area is 179 Å². The van der Waals surface area contributed by atoms with Crippen molar-refractivity contribution < 1.29 is 35.9 Å². The zero-order valence-corrected chi connectivity index (χ0v) is 17.0. The highest BCUT2D eigenvalue weighted by molar-refractivity contribution is 5.93. The van der Waals surface area contributed by atoms with Crippen LogP contribution in [-0.4, -0.2) is 32.7 Å². The minimum Gasteiger partial charge on any atom is -0.335 e. The Kier molecular flexibility index (Phi) is 7.40. The van der Waals surface area contributed by atoms with Crippen LogP contribution in [0.15, 0.2) is 12.1 Å². The summed E-state index contributed by atoms with van der Waals surface area (Å²) in [4.78, 5) is 28.9. The van der Waals surface area contributed by atoms with Gasteiger partial charge in [0.05, 0.1) is 12.2 Å². The van der Waals surface area contributed by atoms with E-state index < -0.39 is 41.1 Å². The number of amides is 1. The van der Waals surface area contributed by atoms with Gasteiger partial charge in [0, 0.05) is 32.5 Å². The van der Waals surface area contributed by atoms with Crippen LogP contribution in [0.2, 0.25) is 0 Å². The summed E-state index contributed by atoms with van der Waals surface area (Å²) in [7, 11) is 0. The normalized spacial score (nSPS) is 13.6. The lowest BCUT2D eigenvalue weighted by Crippen LogP contribution is -2.39. The molecule has 0 aliphatic carbocycles. The molecular weight excluding hydrogens is 452 g/mol. The number of rotatable bonds is 5. The molecule has 0 bridgehead atoms. The van der Waals surface area contributed by atoms with Gasteiger partial charge in [-0.25, -0.2) is 18.2 Å². The lowest BCUT2D eigenvalue weighted by molar-refractivity contribution is -0.148. The number of Topliss-reactive ketones (excluding diaryl/α,β-unsaturated/α-hetero) is 1. The zero-order chi connectivity index (χ0) is 22.2. The number of hydrogen-bond donors (Lipinski definition) is 0. The van der Waals surface area contributed by atoms with Crippen molar-refractivity contribution in [3.8, 4) is 0 Å². The molecule has 170 valence electrons. The number of imidazole rings is 1. The molecule has 1 aromatic carbocycles. The molecule has 0 spiro atoms. The van der Waals surface area contributed by atoms with Gasteiger partial charge in [-0.2, -0.15) is 13.2 Å². The molecule has 2 heterocycles. The number of alkyl halides is 3. The molecule has 0 N–H and O–H groups in total. The number of hydrogen-bond acceptors (Lipinski definition) is 3. The van der Waals surface area contributed by atoms with Crippen LogP contribution < -0.4 is 0 Å². The summed E-state index contributed by atoms with van der Waals surface area (Å²) in [5.41, 5.74) is -0.392. The number of fused-ring (bicyclic) bond motifs is 1. The summed E-state index contributed by atoms with van der Waals surface area (Å²) >= 11 is 0. The Balaban J connectivity index is 0.00000341. The summed E-state index contributed by atoms with van der Waals surface area (Å²) in [5.74, 6) is -5.65. The van der Waals surface area contributed by atoms with E-state index in [9.17, 15) is 35.9 Å².